The Kier molecular flexibility index (Phi) is 7.35. The molecule has 2 bridgehead atoms. The fourth-order valence-electron chi connectivity index (χ4n) is 6.06. The van der Waals surface area contributed by atoms with Crippen LogP contribution < -0.4 is 4.90 Å². The molecule has 0 radical (unpaired) electrons. The zero-order valence-electron chi connectivity index (χ0n) is 19.6. The first-order chi connectivity index (χ1) is 16.6. The first kappa shape index (κ1) is 26.1. The van der Waals surface area contributed by atoms with Gasteiger partial charge in [-0.1, -0.05) is 47.5 Å². The molecule has 190 valence electrons. The Morgan fingerprint density at radius 2 is 2.03 bits per heavy atom. The lowest BCUT2D eigenvalue weighted by Crippen LogP contribution is -2.59. The van der Waals surface area contributed by atoms with Crippen molar-refractivity contribution in [2.75, 3.05) is 18.1 Å². The number of rotatable bonds is 9. The van der Waals surface area contributed by atoms with Crippen LogP contribution in [0.1, 0.15) is 26.7 Å². The maximum absolute atomic E-state index is 14.3. The van der Waals surface area contributed by atoms with Gasteiger partial charge < -0.3 is 24.7 Å². The number of benzene rings is 1. The van der Waals surface area contributed by atoms with Gasteiger partial charge in [0.2, 0.25) is 5.91 Å². The lowest BCUT2D eigenvalue weighted by Gasteiger charge is -2.39. The van der Waals surface area contributed by atoms with Crippen LogP contribution in [-0.2, 0) is 19.1 Å². The summed E-state index contributed by atoms with van der Waals surface area (Å²) in [6, 6.07) is 5.00. The Morgan fingerprint density at radius 3 is 2.57 bits per heavy atom. The van der Waals surface area contributed by atoms with Gasteiger partial charge in [0, 0.05) is 22.1 Å². The summed E-state index contributed by atoms with van der Waals surface area (Å²) in [5.41, 5.74) is -0.750. The summed E-state index contributed by atoms with van der Waals surface area (Å²) in [5, 5.41) is 20.8. The highest BCUT2D eigenvalue weighted by Gasteiger charge is 2.77. The van der Waals surface area contributed by atoms with Crippen LogP contribution in [0.15, 0.2) is 36.9 Å². The molecule has 1 aromatic carbocycles. The number of carbonyl (C=O) groups is 3. The molecule has 0 aromatic heterocycles. The van der Waals surface area contributed by atoms with E-state index in [0.717, 1.165) is 0 Å². The number of nitrogens with zero attached hydrogens (tertiary/aromatic N) is 2. The van der Waals surface area contributed by atoms with Gasteiger partial charge in [-0.2, -0.15) is 0 Å². The molecule has 3 aliphatic heterocycles. The van der Waals surface area contributed by atoms with E-state index in [1.165, 1.54) is 9.80 Å². The molecular weight excluding hydrogens is 540 g/mol. The first-order valence-corrected chi connectivity index (χ1v) is 13.0. The molecule has 0 saturated carbocycles. The Morgan fingerprint density at radius 1 is 1.37 bits per heavy atom. The minimum Gasteiger partial charge on any atom is -0.481 e. The second-order valence-electron chi connectivity index (χ2n) is 9.93. The molecule has 8 nitrogen and oxygen atoms in total. The maximum Gasteiger partial charge on any atom is 0.310 e. The van der Waals surface area contributed by atoms with Crippen LogP contribution in [0.3, 0.4) is 0 Å². The molecule has 3 saturated heterocycles. The van der Waals surface area contributed by atoms with Crippen LogP contribution in [0.4, 0.5) is 5.69 Å². The van der Waals surface area contributed by atoms with E-state index in [1.54, 1.807) is 30.3 Å². The summed E-state index contributed by atoms with van der Waals surface area (Å²) < 4.78 is 6.32. The monoisotopic (exact) mass is 568 g/mol. The average Bonchev–Trinajstić information content (AvgIpc) is 3.39. The lowest BCUT2D eigenvalue weighted by molar-refractivity contribution is -0.151. The zero-order chi connectivity index (χ0) is 25.7. The van der Waals surface area contributed by atoms with Crippen LogP contribution in [0.5, 0.6) is 0 Å². The van der Waals surface area contributed by atoms with Crippen molar-refractivity contribution in [1.29, 1.82) is 0 Å². The van der Waals surface area contributed by atoms with Crippen molar-refractivity contribution >= 4 is 51.0 Å². The van der Waals surface area contributed by atoms with Crippen LogP contribution >= 0.6 is 27.5 Å². The molecule has 2 amide bonds. The molecule has 35 heavy (non-hydrogen) atoms. The number of hydrogen-bond acceptors (Lipinski definition) is 5. The second kappa shape index (κ2) is 9.84. The third-order valence-electron chi connectivity index (χ3n) is 7.31. The minimum absolute atomic E-state index is 0.130. The number of likely N-dealkylation sites (tertiary alicyclic amines) is 1. The number of hydrogen-bond donors (Lipinski definition) is 2. The Labute approximate surface area is 218 Å². The molecule has 2 N–H and O–H groups in total. The van der Waals surface area contributed by atoms with Gasteiger partial charge >= 0.3 is 5.97 Å². The number of ether oxygens (including phenoxy) is 1. The standard InChI is InChI=1S/C25H30BrClN2O6/c1-4-9-28(15-7-5-14(27)6-8-15)23(32)21-25-11-17(26)20(35-25)18(24(33)34)19(25)22(31)29(21)16(12-30)10-13(2)3/h4-8,13,16-21,30H,1,9-12H2,2-3H3,(H,33,34)/t16-,17?,18+,19+,20+,21?,25?/m1/s1. The van der Waals surface area contributed by atoms with Crippen LogP contribution in [0.2, 0.25) is 5.02 Å². The quantitative estimate of drug-likeness (QED) is 0.350. The van der Waals surface area contributed by atoms with Crippen LogP contribution in [0.25, 0.3) is 0 Å². The predicted octanol–water partition coefficient (Wildman–Crippen LogP) is 3.10. The Balaban J connectivity index is 1.85. The summed E-state index contributed by atoms with van der Waals surface area (Å²) in [7, 11) is 0. The summed E-state index contributed by atoms with van der Waals surface area (Å²) in [5.74, 6) is -3.95. The second-order valence-corrected chi connectivity index (χ2v) is 11.5. The van der Waals surface area contributed by atoms with E-state index < -0.39 is 53.4 Å². The number of aliphatic hydroxyl groups is 1. The van der Waals surface area contributed by atoms with Gasteiger partial charge in [0.25, 0.3) is 5.91 Å². The number of carboxylic acids is 1. The summed E-state index contributed by atoms with van der Waals surface area (Å²) >= 11 is 9.59. The van der Waals surface area contributed by atoms with Gasteiger partial charge in [0.1, 0.15) is 11.6 Å². The zero-order valence-corrected chi connectivity index (χ0v) is 22.0. The van der Waals surface area contributed by atoms with Crippen molar-refractivity contribution in [3.05, 3.63) is 41.9 Å². The topological polar surface area (TPSA) is 107 Å². The summed E-state index contributed by atoms with van der Waals surface area (Å²) in [6.07, 6.45) is 1.63. The minimum atomic E-state index is -1.31. The third-order valence-corrected chi connectivity index (χ3v) is 8.41. The molecule has 0 aliphatic carbocycles. The predicted molar refractivity (Wildman–Crippen MR) is 135 cm³/mol. The molecule has 3 fully saturated rings. The first-order valence-electron chi connectivity index (χ1n) is 11.7. The number of carbonyl (C=O) groups excluding carboxylic acids is 2. The SMILES string of the molecule is C=CCN(C(=O)C1N([C@@H](CO)CC(C)C)C(=O)[C@@H]2[C@H](C(=O)O)[C@H]3OC12CC3Br)c1ccc(Cl)cc1. The van der Waals surface area contributed by atoms with Crippen LogP contribution in [0, 0.1) is 17.8 Å². The van der Waals surface area contributed by atoms with Crippen molar-refractivity contribution < 1.29 is 29.3 Å². The summed E-state index contributed by atoms with van der Waals surface area (Å²) in [4.78, 5) is 43.1. The number of alkyl halides is 1. The summed E-state index contributed by atoms with van der Waals surface area (Å²) in [6.45, 7) is 7.53. The van der Waals surface area contributed by atoms with Crippen molar-refractivity contribution in [2.24, 2.45) is 17.8 Å². The normalized spacial score (nSPS) is 32.1. The van der Waals surface area contributed by atoms with Gasteiger partial charge in [-0.3, -0.25) is 14.4 Å². The van der Waals surface area contributed by atoms with Gasteiger partial charge in [0.15, 0.2) is 0 Å². The molecule has 3 aliphatic rings. The van der Waals surface area contributed by atoms with Gasteiger partial charge in [-0.05, 0) is 43.0 Å². The molecule has 1 spiro atoms. The fraction of sp³-hybridized carbons (Fsp3) is 0.560. The van der Waals surface area contributed by atoms with Crippen molar-refractivity contribution in [3.8, 4) is 0 Å². The van der Waals surface area contributed by atoms with E-state index in [2.05, 4.69) is 22.5 Å². The van der Waals surface area contributed by atoms with E-state index in [9.17, 15) is 24.6 Å². The van der Waals surface area contributed by atoms with E-state index >= 15 is 0 Å². The van der Waals surface area contributed by atoms with E-state index in [-0.39, 0.29) is 23.9 Å². The number of fused-ring (bicyclic) bond motifs is 1. The highest BCUT2D eigenvalue weighted by molar-refractivity contribution is 9.09. The largest absolute Gasteiger partial charge is 0.481 e. The van der Waals surface area contributed by atoms with Crippen molar-refractivity contribution in [2.45, 2.75) is 55.3 Å². The number of anilines is 1. The van der Waals surface area contributed by atoms with Gasteiger partial charge in [0.05, 0.1) is 30.6 Å². The molecule has 4 rings (SSSR count). The van der Waals surface area contributed by atoms with Crippen molar-refractivity contribution in [1.82, 2.24) is 4.90 Å². The Hall–Kier alpha value is -1.94. The van der Waals surface area contributed by atoms with E-state index in [1.807, 2.05) is 13.8 Å². The van der Waals surface area contributed by atoms with E-state index in [4.69, 9.17) is 16.3 Å². The number of amides is 2. The molecule has 1 aromatic rings. The fourth-order valence-corrected chi connectivity index (χ4v) is 7.13. The van der Waals surface area contributed by atoms with Crippen LogP contribution in [-0.4, -0.2) is 74.7 Å². The molecule has 7 atom stereocenters. The number of aliphatic hydroxyl groups excluding tert-OH is 1. The Bertz CT molecular complexity index is 1020. The molecular formula is C25H30BrClN2O6. The van der Waals surface area contributed by atoms with E-state index in [0.29, 0.717) is 23.6 Å². The highest BCUT2D eigenvalue weighted by Crippen LogP contribution is 2.60. The van der Waals surface area contributed by atoms with Crippen molar-refractivity contribution in [3.63, 3.8) is 0 Å². The number of halogens is 2. The maximum atomic E-state index is 14.3. The number of carboxylic acid groups (broad SMARTS) is 1. The molecule has 3 heterocycles. The molecule has 10 heteroatoms. The highest BCUT2D eigenvalue weighted by atomic mass is 79.9. The lowest BCUT2D eigenvalue weighted by atomic mass is 9.70. The smallest absolute Gasteiger partial charge is 0.310 e. The number of aliphatic carboxylic acids is 1. The molecule has 3 unspecified atom stereocenters. The van der Waals surface area contributed by atoms with Gasteiger partial charge in [-0.25, -0.2) is 0 Å². The van der Waals surface area contributed by atoms with Gasteiger partial charge in [-0.15, -0.1) is 6.58 Å². The average molecular weight is 570 g/mol. The third kappa shape index (κ3) is 4.20.